The first-order valence-electron chi connectivity index (χ1n) is 9.08. The molecular formula is C20H22N4O3. The number of hydrogen-bond acceptors (Lipinski definition) is 4. The number of pyridine rings is 1. The lowest BCUT2D eigenvalue weighted by Gasteiger charge is -2.32. The number of aromatic amines is 1. The average Bonchev–Trinajstić information content (AvgIpc) is 3.14. The molecule has 0 saturated carbocycles. The van der Waals surface area contributed by atoms with Gasteiger partial charge in [-0.15, -0.1) is 0 Å². The maximum atomic E-state index is 12.8. The van der Waals surface area contributed by atoms with E-state index < -0.39 is 0 Å². The standard InChI is InChI=1S/C20H22N4O3/c1-13-9-16(11-19(25)23(13)2)27-15-5-7-24(8-6-15)20(26)14-3-4-17-18(10-14)22-12-21-17/h3-4,9-12,15H,5-8H2,1-2H3,(H,21,22). The number of hydrogen-bond donors (Lipinski definition) is 1. The third-order valence-corrected chi connectivity index (χ3v) is 5.18. The summed E-state index contributed by atoms with van der Waals surface area (Å²) in [6.45, 7) is 3.15. The number of aromatic nitrogens is 3. The third kappa shape index (κ3) is 3.45. The summed E-state index contributed by atoms with van der Waals surface area (Å²) in [5.41, 5.74) is 3.16. The molecule has 27 heavy (non-hydrogen) atoms. The fraction of sp³-hybridized carbons (Fsp3) is 0.350. The molecule has 0 atom stereocenters. The van der Waals surface area contributed by atoms with Crippen LogP contribution in [0.25, 0.3) is 11.0 Å². The zero-order valence-electron chi connectivity index (χ0n) is 15.4. The number of carbonyl (C=O) groups is 1. The van der Waals surface area contributed by atoms with E-state index in [2.05, 4.69) is 9.97 Å². The van der Waals surface area contributed by atoms with Crippen LogP contribution in [0.2, 0.25) is 0 Å². The number of aryl methyl sites for hydroxylation is 1. The Morgan fingerprint density at radius 1 is 1.22 bits per heavy atom. The maximum Gasteiger partial charge on any atom is 0.254 e. The summed E-state index contributed by atoms with van der Waals surface area (Å²) in [5, 5.41) is 0. The predicted molar refractivity (Wildman–Crippen MR) is 102 cm³/mol. The molecule has 1 N–H and O–H groups in total. The molecule has 0 aliphatic carbocycles. The Hall–Kier alpha value is -3.09. The Morgan fingerprint density at radius 2 is 2.00 bits per heavy atom. The molecule has 3 heterocycles. The van der Waals surface area contributed by atoms with Gasteiger partial charge in [-0.1, -0.05) is 0 Å². The van der Waals surface area contributed by atoms with Gasteiger partial charge in [0, 0.05) is 50.3 Å². The third-order valence-electron chi connectivity index (χ3n) is 5.18. The highest BCUT2D eigenvalue weighted by Gasteiger charge is 2.25. The number of imidazole rings is 1. The molecule has 0 unspecified atom stereocenters. The van der Waals surface area contributed by atoms with Crippen LogP contribution in [-0.2, 0) is 7.05 Å². The zero-order valence-corrected chi connectivity index (χ0v) is 15.4. The molecule has 7 heteroatoms. The number of likely N-dealkylation sites (tertiary alicyclic amines) is 1. The first-order chi connectivity index (χ1) is 13.0. The van der Waals surface area contributed by atoms with E-state index in [9.17, 15) is 9.59 Å². The lowest BCUT2D eigenvalue weighted by Crippen LogP contribution is -2.41. The summed E-state index contributed by atoms with van der Waals surface area (Å²) in [5.74, 6) is 0.624. The van der Waals surface area contributed by atoms with Crippen molar-refractivity contribution in [2.75, 3.05) is 13.1 Å². The van der Waals surface area contributed by atoms with Gasteiger partial charge in [-0.2, -0.15) is 0 Å². The van der Waals surface area contributed by atoms with Crippen LogP contribution in [-0.4, -0.2) is 44.5 Å². The molecule has 2 aromatic heterocycles. The van der Waals surface area contributed by atoms with Crippen molar-refractivity contribution in [3.05, 3.63) is 58.3 Å². The van der Waals surface area contributed by atoms with Crippen LogP contribution >= 0.6 is 0 Å². The molecule has 140 valence electrons. The summed E-state index contributed by atoms with van der Waals surface area (Å²) in [6, 6.07) is 8.91. The first-order valence-corrected chi connectivity index (χ1v) is 9.08. The van der Waals surface area contributed by atoms with Gasteiger partial charge in [0.25, 0.3) is 11.5 Å². The van der Waals surface area contributed by atoms with Gasteiger partial charge in [0.2, 0.25) is 0 Å². The van der Waals surface area contributed by atoms with Crippen molar-refractivity contribution in [1.29, 1.82) is 0 Å². The van der Waals surface area contributed by atoms with Gasteiger partial charge >= 0.3 is 0 Å². The van der Waals surface area contributed by atoms with Gasteiger partial charge in [-0.3, -0.25) is 9.59 Å². The summed E-state index contributed by atoms with van der Waals surface area (Å²) in [7, 11) is 1.74. The van der Waals surface area contributed by atoms with Crippen LogP contribution in [0.15, 0.2) is 41.5 Å². The molecule has 1 fully saturated rings. The molecule has 4 rings (SSSR count). The zero-order chi connectivity index (χ0) is 19.0. The molecule has 1 saturated heterocycles. The number of amides is 1. The van der Waals surface area contributed by atoms with Gasteiger partial charge in [-0.25, -0.2) is 4.98 Å². The summed E-state index contributed by atoms with van der Waals surface area (Å²) < 4.78 is 7.58. The molecule has 0 spiro atoms. The second-order valence-corrected chi connectivity index (χ2v) is 6.97. The van der Waals surface area contributed by atoms with E-state index in [1.165, 1.54) is 6.07 Å². The van der Waals surface area contributed by atoms with Crippen LogP contribution in [0.1, 0.15) is 28.9 Å². The number of carbonyl (C=O) groups excluding carboxylic acids is 1. The van der Waals surface area contributed by atoms with Crippen molar-refractivity contribution < 1.29 is 9.53 Å². The molecular weight excluding hydrogens is 344 g/mol. The fourth-order valence-electron chi connectivity index (χ4n) is 3.43. The molecule has 1 amide bonds. The molecule has 0 bridgehead atoms. The van der Waals surface area contributed by atoms with Gasteiger partial charge in [-0.05, 0) is 31.2 Å². The minimum Gasteiger partial charge on any atom is -0.490 e. The van der Waals surface area contributed by atoms with Crippen LogP contribution in [0.3, 0.4) is 0 Å². The lowest BCUT2D eigenvalue weighted by atomic mass is 10.1. The normalized spacial score (nSPS) is 15.3. The Labute approximate surface area is 156 Å². The molecule has 0 radical (unpaired) electrons. The maximum absolute atomic E-state index is 12.8. The predicted octanol–water partition coefficient (Wildman–Crippen LogP) is 2.25. The number of ether oxygens (including phenoxy) is 1. The minimum absolute atomic E-state index is 0.00985. The van der Waals surface area contributed by atoms with Crippen molar-refractivity contribution in [3.8, 4) is 5.75 Å². The Bertz CT molecular complexity index is 1040. The smallest absolute Gasteiger partial charge is 0.254 e. The van der Waals surface area contributed by atoms with Crippen molar-refractivity contribution in [2.45, 2.75) is 25.9 Å². The molecule has 1 aromatic carbocycles. The second kappa shape index (κ2) is 6.90. The SMILES string of the molecule is Cc1cc(OC2CCN(C(=O)c3ccc4nc[nH]c4c3)CC2)cc(=O)n1C. The number of nitrogens with one attached hydrogen (secondary N) is 1. The highest BCUT2D eigenvalue weighted by atomic mass is 16.5. The fourth-order valence-corrected chi connectivity index (χ4v) is 3.43. The topological polar surface area (TPSA) is 80.2 Å². The molecule has 1 aliphatic heterocycles. The number of piperidine rings is 1. The van der Waals surface area contributed by atoms with E-state index in [-0.39, 0.29) is 17.6 Å². The summed E-state index contributed by atoms with van der Waals surface area (Å²) in [6.07, 6.45) is 3.12. The van der Waals surface area contributed by atoms with Crippen LogP contribution < -0.4 is 10.3 Å². The van der Waals surface area contributed by atoms with Crippen LogP contribution in [0.4, 0.5) is 0 Å². The van der Waals surface area contributed by atoms with Crippen LogP contribution in [0, 0.1) is 6.92 Å². The number of rotatable bonds is 3. The summed E-state index contributed by atoms with van der Waals surface area (Å²) >= 11 is 0. The van der Waals surface area contributed by atoms with Crippen LogP contribution in [0.5, 0.6) is 5.75 Å². The van der Waals surface area contributed by atoms with Gasteiger partial charge < -0.3 is 19.2 Å². The highest BCUT2D eigenvalue weighted by molar-refractivity contribution is 5.97. The second-order valence-electron chi connectivity index (χ2n) is 6.97. The van der Waals surface area contributed by atoms with Gasteiger partial charge in [0.1, 0.15) is 11.9 Å². The number of benzene rings is 1. The minimum atomic E-state index is -0.0770. The van der Waals surface area contributed by atoms with Crippen molar-refractivity contribution >= 4 is 16.9 Å². The highest BCUT2D eigenvalue weighted by Crippen LogP contribution is 2.21. The number of nitrogens with zero attached hydrogens (tertiary/aromatic N) is 3. The average molecular weight is 366 g/mol. The Morgan fingerprint density at radius 3 is 2.74 bits per heavy atom. The van der Waals surface area contributed by atoms with E-state index in [0.29, 0.717) is 24.4 Å². The molecule has 1 aliphatic rings. The van der Waals surface area contributed by atoms with Gasteiger partial charge in [0.05, 0.1) is 17.4 Å². The number of fused-ring (bicyclic) bond motifs is 1. The first kappa shape index (κ1) is 17.3. The van der Waals surface area contributed by atoms with E-state index >= 15 is 0 Å². The Kier molecular flexibility index (Phi) is 4.43. The van der Waals surface area contributed by atoms with E-state index in [1.54, 1.807) is 17.9 Å². The van der Waals surface area contributed by atoms with E-state index in [0.717, 1.165) is 29.6 Å². The van der Waals surface area contributed by atoms with Gasteiger partial charge in [0.15, 0.2) is 0 Å². The lowest BCUT2D eigenvalue weighted by molar-refractivity contribution is 0.0595. The largest absolute Gasteiger partial charge is 0.490 e. The monoisotopic (exact) mass is 366 g/mol. The quantitative estimate of drug-likeness (QED) is 0.771. The number of H-pyrrole nitrogens is 1. The van der Waals surface area contributed by atoms with E-state index in [1.807, 2.05) is 36.1 Å². The van der Waals surface area contributed by atoms with Crippen molar-refractivity contribution in [3.63, 3.8) is 0 Å². The Balaban J connectivity index is 1.39. The molecule has 3 aromatic rings. The van der Waals surface area contributed by atoms with E-state index in [4.69, 9.17) is 4.74 Å². The van der Waals surface area contributed by atoms with Crippen molar-refractivity contribution in [2.24, 2.45) is 7.05 Å². The summed E-state index contributed by atoms with van der Waals surface area (Å²) in [4.78, 5) is 33.7. The molecule has 7 nitrogen and oxygen atoms in total. The van der Waals surface area contributed by atoms with Crippen molar-refractivity contribution in [1.82, 2.24) is 19.4 Å².